The Hall–Kier alpha value is -2.34. The number of hydrogen-bond donors (Lipinski definition) is 1. The van der Waals surface area contributed by atoms with Crippen LogP contribution in [0.5, 0.6) is 0 Å². The molecule has 0 aliphatic carbocycles. The molecule has 1 heterocycles. The first-order chi connectivity index (χ1) is 17.4. The summed E-state index contributed by atoms with van der Waals surface area (Å²) < 4.78 is 66.1. The zero-order valence-corrected chi connectivity index (χ0v) is 22.4. The summed E-state index contributed by atoms with van der Waals surface area (Å²) in [5.74, 6) is 0.0788. The van der Waals surface area contributed by atoms with Crippen molar-refractivity contribution in [2.24, 2.45) is 4.99 Å². The molecule has 1 aliphatic heterocycles. The maximum absolute atomic E-state index is 13.2. The SMILES string of the molecule is CN(CCCC(=O)N(CCc1ccc(C2=NCCN2)cc1)CC(F)(F)F)S(=O)(=O)c1cccc(Cl)c1Cl. The van der Waals surface area contributed by atoms with Gasteiger partial charge in [0.25, 0.3) is 0 Å². The Labute approximate surface area is 224 Å². The van der Waals surface area contributed by atoms with Gasteiger partial charge in [-0.15, -0.1) is 0 Å². The summed E-state index contributed by atoms with van der Waals surface area (Å²) in [4.78, 5) is 17.6. The average Bonchev–Trinajstić information content (AvgIpc) is 3.38. The lowest BCUT2D eigenvalue weighted by molar-refractivity contribution is -0.161. The molecule has 0 atom stereocenters. The number of sulfonamides is 1. The van der Waals surface area contributed by atoms with Crippen molar-refractivity contribution in [2.45, 2.75) is 30.3 Å². The highest BCUT2D eigenvalue weighted by Gasteiger charge is 2.33. The topological polar surface area (TPSA) is 82.1 Å². The van der Waals surface area contributed by atoms with Gasteiger partial charge < -0.3 is 10.2 Å². The van der Waals surface area contributed by atoms with Crippen LogP contribution in [0, 0.1) is 0 Å². The predicted octanol–water partition coefficient (Wildman–Crippen LogP) is 4.38. The Balaban J connectivity index is 1.58. The van der Waals surface area contributed by atoms with E-state index >= 15 is 0 Å². The molecule has 202 valence electrons. The highest BCUT2D eigenvalue weighted by Crippen LogP contribution is 2.30. The van der Waals surface area contributed by atoms with E-state index in [9.17, 15) is 26.4 Å². The average molecular weight is 579 g/mol. The monoisotopic (exact) mass is 578 g/mol. The number of hydrogen-bond acceptors (Lipinski definition) is 5. The van der Waals surface area contributed by atoms with Gasteiger partial charge in [-0.05, 0) is 30.5 Å². The number of nitrogens with one attached hydrogen (secondary N) is 1. The van der Waals surface area contributed by atoms with Crippen LogP contribution < -0.4 is 5.32 Å². The number of amides is 1. The first kappa shape index (κ1) is 29.2. The molecule has 0 fully saturated rings. The minimum absolute atomic E-state index is 0.0327. The molecule has 3 rings (SSSR count). The summed E-state index contributed by atoms with van der Waals surface area (Å²) in [6.45, 7) is -0.125. The molecule has 0 saturated heterocycles. The maximum Gasteiger partial charge on any atom is 0.406 e. The summed E-state index contributed by atoms with van der Waals surface area (Å²) in [6.07, 6.45) is -4.53. The molecule has 0 spiro atoms. The zero-order chi connectivity index (χ0) is 27.2. The molecule has 7 nitrogen and oxygen atoms in total. The van der Waals surface area contributed by atoms with Gasteiger partial charge in [-0.25, -0.2) is 12.7 Å². The van der Waals surface area contributed by atoms with Gasteiger partial charge in [0.2, 0.25) is 15.9 Å². The standard InChI is InChI=1S/C24H27Cl2F3N4O3S/c1-32(37(35,36)20-5-2-4-19(25)22(20)26)14-3-6-21(34)33(16-24(27,28)29)15-11-17-7-9-18(10-8-17)23-30-12-13-31-23/h2,4-5,7-10H,3,6,11-16H2,1H3,(H,30,31). The van der Waals surface area contributed by atoms with Gasteiger partial charge >= 0.3 is 6.18 Å². The van der Waals surface area contributed by atoms with Gasteiger partial charge in [0.15, 0.2) is 0 Å². The molecule has 13 heteroatoms. The number of carbonyl (C=O) groups is 1. The molecule has 1 amide bonds. The van der Waals surface area contributed by atoms with Crippen molar-refractivity contribution in [2.75, 3.05) is 39.8 Å². The molecule has 37 heavy (non-hydrogen) atoms. The smallest absolute Gasteiger partial charge is 0.368 e. The predicted molar refractivity (Wildman–Crippen MR) is 138 cm³/mol. The number of rotatable bonds is 11. The first-order valence-corrected chi connectivity index (χ1v) is 13.7. The largest absolute Gasteiger partial charge is 0.406 e. The fourth-order valence-corrected chi connectivity index (χ4v) is 5.72. The van der Waals surface area contributed by atoms with Crippen LogP contribution in [0.25, 0.3) is 0 Å². The van der Waals surface area contributed by atoms with E-state index in [1.54, 1.807) is 12.1 Å². The number of carbonyl (C=O) groups excluding carboxylic acids is 1. The fourth-order valence-electron chi connectivity index (χ4n) is 3.78. The van der Waals surface area contributed by atoms with Crippen molar-refractivity contribution >= 4 is 45.0 Å². The Morgan fingerprint density at radius 1 is 1.11 bits per heavy atom. The third kappa shape index (κ3) is 8.07. The second-order valence-electron chi connectivity index (χ2n) is 8.52. The van der Waals surface area contributed by atoms with Crippen LogP contribution in [0.2, 0.25) is 10.0 Å². The van der Waals surface area contributed by atoms with Gasteiger partial charge in [0, 0.05) is 38.7 Å². The van der Waals surface area contributed by atoms with Gasteiger partial charge in [0.1, 0.15) is 17.3 Å². The molecule has 0 aromatic heterocycles. The van der Waals surface area contributed by atoms with Crippen LogP contribution in [0.4, 0.5) is 13.2 Å². The number of amidine groups is 1. The van der Waals surface area contributed by atoms with Gasteiger partial charge in [-0.1, -0.05) is 53.5 Å². The van der Waals surface area contributed by atoms with E-state index in [1.807, 2.05) is 12.1 Å². The van der Waals surface area contributed by atoms with Gasteiger partial charge in [-0.2, -0.15) is 13.2 Å². The molecule has 2 aromatic rings. The van der Waals surface area contributed by atoms with Gasteiger partial charge in [0.05, 0.1) is 16.6 Å². The second kappa shape index (κ2) is 12.5. The van der Waals surface area contributed by atoms with Crippen molar-refractivity contribution in [1.29, 1.82) is 0 Å². The fraction of sp³-hybridized carbons (Fsp3) is 0.417. The minimum Gasteiger partial charge on any atom is -0.368 e. The molecule has 0 saturated carbocycles. The molecule has 0 bridgehead atoms. The number of halogens is 5. The van der Waals surface area contributed by atoms with E-state index in [0.29, 0.717) is 6.54 Å². The van der Waals surface area contributed by atoms with Crippen molar-refractivity contribution < 1.29 is 26.4 Å². The minimum atomic E-state index is -4.56. The lowest BCUT2D eigenvalue weighted by Crippen LogP contribution is -2.40. The van der Waals surface area contributed by atoms with Gasteiger partial charge in [-0.3, -0.25) is 9.79 Å². The van der Waals surface area contributed by atoms with E-state index in [-0.39, 0.29) is 47.3 Å². The van der Waals surface area contributed by atoms with E-state index < -0.39 is 28.7 Å². The lowest BCUT2D eigenvalue weighted by Gasteiger charge is -2.25. The number of benzene rings is 2. The highest BCUT2D eigenvalue weighted by molar-refractivity contribution is 7.89. The molecular weight excluding hydrogens is 552 g/mol. The molecular formula is C24H27Cl2F3N4O3S. The highest BCUT2D eigenvalue weighted by atomic mass is 35.5. The number of nitrogens with zero attached hydrogens (tertiary/aromatic N) is 3. The Kier molecular flexibility index (Phi) is 9.85. The Morgan fingerprint density at radius 3 is 2.43 bits per heavy atom. The van der Waals surface area contributed by atoms with Crippen molar-refractivity contribution in [3.8, 4) is 0 Å². The summed E-state index contributed by atoms with van der Waals surface area (Å²) in [7, 11) is -2.69. The van der Waals surface area contributed by atoms with Crippen LogP contribution in [0.15, 0.2) is 52.4 Å². The molecule has 1 N–H and O–H groups in total. The number of alkyl halides is 3. The second-order valence-corrected chi connectivity index (χ2v) is 11.3. The van der Waals surface area contributed by atoms with Crippen molar-refractivity contribution in [1.82, 2.24) is 14.5 Å². The summed E-state index contributed by atoms with van der Waals surface area (Å²) in [6, 6.07) is 11.5. The van der Waals surface area contributed by atoms with Crippen LogP contribution in [-0.2, 0) is 21.2 Å². The summed E-state index contributed by atoms with van der Waals surface area (Å²) >= 11 is 11.9. The molecule has 0 unspecified atom stereocenters. The molecule has 1 aliphatic rings. The van der Waals surface area contributed by atoms with Crippen LogP contribution in [0.3, 0.4) is 0 Å². The van der Waals surface area contributed by atoms with E-state index in [1.165, 1.54) is 25.2 Å². The van der Waals surface area contributed by atoms with E-state index in [4.69, 9.17) is 23.2 Å². The Morgan fingerprint density at radius 2 is 1.81 bits per heavy atom. The zero-order valence-electron chi connectivity index (χ0n) is 20.1. The lowest BCUT2D eigenvalue weighted by atomic mass is 10.1. The molecule has 2 aromatic carbocycles. The van der Waals surface area contributed by atoms with E-state index in [2.05, 4.69) is 10.3 Å². The van der Waals surface area contributed by atoms with Crippen LogP contribution in [-0.4, -0.2) is 75.3 Å². The summed E-state index contributed by atoms with van der Waals surface area (Å²) in [5.41, 5.74) is 1.68. The Bertz CT molecular complexity index is 1240. The number of aliphatic imine (C=N–C) groups is 1. The maximum atomic E-state index is 13.2. The third-order valence-corrected chi connectivity index (χ3v) is 8.59. The third-order valence-electron chi connectivity index (χ3n) is 5.76. The normalized spacial score (nSPS) is 14.0. The van der Waals surface area contributed by atoms with Crippen LogP contribution in [0.1, 0.15) is 24.0 Å². The summed E-state index contributed by atoms with van der Waals surface area (Å²) in [5, 5.41) is 3.11. The van der Waals surface area contributed by atoms with Crippen molar-refractivity contribution in [3.63, 3.8) is 0 Å². The quantitative estimate of drug-likeness (QED) is 0.429. The molecule has 0 radical (unpaired) electrons. The van der Waals surface area contributed by atoms with Crippen LogP contribution >= 0.6 is 23.2 Å². The first-order valence-electron chi connectivity index (χ1n) is 11.5. The van der Waals surface area contributed by atoms with E-state index in [0.717, 1.165) is 32.7 Å². The van der Waals surface area contributed by atoms with Crippen molar-refractivity contribution in [3.05, 3.63) is 63.6 Å².